The predicted octanol–water partition coefficient (Wildman–Crippen LogP) is 11.7. The SMILES string of the molecule is CC(C)(C)OC(=O)Nc1cccc(COc2ccc([C@H](CC(=O)N3C(=O)OC[C@@H]3Cc3ccccc3)c3ccon3)cc2)c1.Nc1cccc(COc2ccc([C@H](CC(=O)N3C(=O)OC[C@@H]3Cc3ccccc3)c3ccon3)cc2)c1. The normalized spacial score (nSPS) is 15.6. The van der Waals surface area contributed by atoms with Crippen molar-refractivity contribution in [1.82, 2.24) is 20.1 Å². The summed E-state index contributed by atoms with van der Waals surface area (Å²) >= 11 is 0. The molecule has 0 unspecified atom stereocenters. The van der Waals surface area contributed by atoms with Crippen LogP contribution in [0.2, 0.25) is 0 Å². The van der Waals surface area contributed by atoms with Crippen molar-refractivity contribution in [3.05, 3.63) is 227 Å². The zero-order valence-corrected chi connectivity index (χ0v) is 45.1. The minimum absolute atomic E-state index is 0.00453. The number of imide groups is 2. The number of nitrogens with zero attached hydrogens (tertiary/aromatic N) is 4. The van der Waals surface area contributed by atoms with Gasteiger partial charge in [0.05, 0.1) is 23.5 Å². The van der Waals surface area contributed by atoms with Crippen molar-refractivity contribution in [1.29, 1.82) is 0 Å². The smallest absolute Gasteiger partial charge is 0.416 e. The number of ether oxygens (including phenoxy) is 5. The summed E-state index contributed by atoms with van der Waals surface area (Å²) in [6.45, 7) is 6.40. The lowest BCUT2D eigenvalue weighted by atomic mass is 9.91. The zero-order chi connectivity index (χ0) is 56.7. The number of hydrogen-bond acceptors (Lipinski definition) is 15. The van der Waals surface area contributed by atoms with Crippen molar-refractivity contribution in [2.75, 3.05) is 24.3 Å². The van der Waals surface area contributed by atoms with Gasteiger partial charge in [0.15, 0.2) is 0 Å². The number of amides is 5. The molecule has 18 heteroatoms. The molecule has 6 aromatic carbocycles. The van der Waals surface area contributed by atoms with Crippen LogP contribution < -0.4 is 20.5 Å². The van der Waals surface area contributed by atoms with Crippen molar-refractivity contribution >= 4 is 41.5 Å². The third-order valence-corrected chi connectivity index (χ3v) is 13.4. The highest BCUT2D eigenvalue weighted by Crippen LogP contribution is 2.33. The summed E-state index contributed by atoms with van der Waals surface area (Å²) in [7, 11) is 0. The van der Waals surface area contributed by atoms with E-state index in [1.165, 1.54) is 22.3 Å². The van der Waals surface area contributed by atoms with Crippen LogP contribution in [0, 0.1) is 0 Å². The van der Waals surface area contributed by atoms with Crippen molar-refractivity contribution in [3.63, 3.8) is 0 Å². The molecule has 81 heavy (non-hydrogen) atoms. The van der Waals surface area contributed by atoms with E-state index in [9.17, 15) is 24.0 Å². The molecule has 4 heterocycles. The average molecular weight is 1100 g/mol. The van der Waals surface area contributed by atoms with E-state index >= 15 is 0 Å². The van der Waals surface area contributed by atoms with Crippen molar-refractivity contribution in [3.8, 4) is 11.5 Å². The Morgan fingerprint density at radius 3 is 1.46 bits per heavy atom. The van der Waals surface area contributed by atoms with Crippen molar-refractivity contribution in [2.45, 2.75) is 89.2 Å². The summed E-state index contributed by atoms with van der Waals surface area (Å²) in [6.07, 6.45) is 2.24. The van der Waals surface area contributed by atoms with Gasteiger partial charge in [-0.05, 0) is 116 Å². The fourth-order valence-electron chi connectivity index (χ4n) is 9.51. The molecule has 2 aliphatic rings. The first-order valence-corrected chi connectivity index (χ1v) is 26.5. The minimum atomic E-state index is -0.635. The zero-order valence-electron chi connectivity index (χ0n) is 45.1. The lowest BCUT2D eigenvalue weighted by Crippen LogP contribution is -2.40. The Morgan fingerprint density at radius 2 is 1.02 bits per heavy atom. The number of carbonyl (C=O) groups excluding carboxylic acids is 5. The van der Waals surface area contributed by atoms with E-state index in [0.29, 0.717) is 53.7 Å². The van der Waals surface area contributed by atoms with Crippen LogP contribution in [0.5, 0.6) is 11.5 Å². The van der Waals surface area contributed by atoms with Crippen LogP contribution in [0.15, 0.2) is 191 Å². The lowest BCUT2D eigenvalue weighted by Gasteiger charge is -2.22. The van der Waals surface area contributed by atoms with Crippen LogP contribution in [0.1, 0.15) is 90.2 Å². The molecule has 2 fully saturated rings. The highest BCUT2D eigenvalue weighted by atomic mass is 16.6. The van der Waals surface area contributed by atoms with Crippen molar-refractivity contribution in [2.24, 2.45) is 0 Å². The van der Waals surface area contributed by atoms with E-state index in [1.54, 1.807) is 39.0 Å². The van der Waals surface area contributed by atoms with Gasteiger partial charge in [-0.2, -0.15) is 0 Å². The Balaban J connectivity index is 0.000000198. The first-order valence-electron chi connectivity index (χ1n) is 26.5. The van der Waals surface area contributed by atoms with Gasteiger partial charge < -0.3 is 38.5 Å². The highest BCUT2D eigenvalue weighted by Gasteiger charge is 2.40. The largest absolute Gasteiger partial charge is 0.489 e. The molecule has 416 valence electrons. The number of nitrogen functional groups attached to an aromatic ring is 1. The Hall–Kier alpha value is -9.71. The Kier molecular flexibility index (Phi) is 18.2. The van der Waals surface area contributed by atoms with Crippen LogP contribution in [0.3, 0.4) is 0 Å². The molecule has 0 spiro atoms. The molecule has 0 saturated carbocycles. The molecule has 3 N–H and O–H groups in total. The van der Waals surface area contributed by atoms with E-state index in [2.05, 4.69) is 15.6 Å². The molecule has 8 aromatic rings. The maximum Gasteiger partial charge on any atom is 0.416 e. The van der Waals surface area contributed by atoms with Gasteiger partial charge in [0.2, 0.25) is 11.8 Å². The third kappa shape index (κ3) is 15.5. The van der Waals surface area contributed by atoms with Gasteiger partial charge in [-0.15, -0.1) is 0 Å². The first-order chi connectivity index (χ1) is 39.2. The summed E-state index contributed by atoms with van der Waals surface area (Å²) in [5, 5.41) is 10.9. The maximum absolute atomic E-state index is 13.5. The molecule has 0 radical (unpaired) electrons. The summed E-state index contributed by atoms with van der Waals surface area (Å²) < 4.78 is 37.9. The number of carbonyl (C=O) groups is 5. The minimum Gasteiger partial charge on any atom is -0.489 e. The van der Waals surface area contributed by atoms with Gasteiger partial charge in [0.25, 0.3) is 0 Å². The lowest BCUT2D eigenvalue weighted by molar-refractivity contribution is -0.130. The van der Waals surface area contributed by atoms with E-state index in [-0.39, 0.29) is 56.6 Å². The molecule has 0 aliphatic carbocycles. The molecule has 4 atom stereocenters. The molecule has 2 aliphatic heterocycles. The summed E-state index contributed by atoms with van der Waals surface area (Å²) in [4.78, 5) is 66.6. The van der Waals surface area contributed by atoms with Crippen LogP contribution in [-0.4, -0.2) is 81.1 Å². The quantitative estimate of drug-likeness (QED) is 0.0567. The van der Waals surface area contributed by atoms with Crippen LogP contribution >= 0.6 is 0 Å². The number of anilines is 2. The van der Waals surface area contributed by atoms with Crippen LogP contribution in [-0.2, 0) is 49.9 Å². The topological polar surface area (TPSA) is 228 Å². The standard InChI is InChI=1S/C34H35N3O7.C29H27N3O5/c1-34(2,3)44-32(39)35-26-11-7-10-24(18-26)21-41-28-14-12-25(13-15-28)29(30-16-17-43-36-30)20-31(38)37-27(22-42-33(37)40)19-23-8-5-4-6-9-23;30-23-8-4-7-21(15-23)18-35-25-11-9-22(10-12-25)26(27-13-14-37-31-27)17-28(33)32-24(19-36-29(32)34)16-20-5-2-1-3-6-20/h4-18,27,29H,19-22H2,1-3H3,(H,35,39);1-15,24,26H,16-19,30H2/t27-,29-;24-,26-/m00/s1. The number of nitrogens with two attached hydrogens (primary N) is 1. The average Bonchev–Trinajstić information content (AvgIpc) is 4.48. The maximum atomic E-state index is 13.5. The molecule has 18 nitrogen and oxygen atoms in total. The number of cyclic esters (lactones) is 2. The Labute approximate surface area is 468 Å². The summed E-state index contributed by atoms with van der Waals surface area (Å²) in [5.41, 5.74) is 13.3. The van der Waals surface area contributed by atoms with Gasteiger partial charge in [-0.3, -0.25) is 14.9 Å². The Bertz CT molecular complexity index is 3350. The second-order valence-corrected chi connectivity index (χ2v) is 20.5. The van der Waals surface area contributed by atoms with E-state index in [0.717, 1.165) is 33.4 Å². The fourth-order valence-corrected chi connectivity index (χ4v) is 9.51. The van der Waals surface area contributed by atoms with Gasteiger partial charge in [0, 0.05) is 48.2 Å². The summed E-state index contributed by atoms with van der Waals surface area (Å²) in [5.74, 6) is -0.213. The van der Waals surface area contributed by atoms with Gasteiger partial charge >= 0.3 is 18.3 Å². The fraction of sp³-hybridized carbons (Fsp3) is 0.254. The summed E-state index contributed by atoms with van der Waals surface area (Å²) in [6, 6.07) is 51.8. The highest BCUT2D eigenvalue weighted by molar-refractivity contribution is 5.95. The second-order valence-electron chi connectivity index (χ2n) is 20.5. The number of benzene rings is 6. The molecule has 2 saturated heterocycles. The molecule has 0 bridgehead atoms. The molecular formula is C63H62N6O12. The number of aromatic nitrogens is 2. The number of nitrogens with one attached hydrogen (secondary N) is 1. The predicted molar refractivity (Wildman–Crippen MR) is 299 cm³/mol. The van der Waals surface area contributed by atoms with E-state index < -0.39 is 35.7 Å². The van der Waals surface area contributed by atoms with Crippen LogP contribution in [0.25, 0.3) is 0 Å². The van der Waals surface area contributed by atoms with Gasteiger partial charge in [-0.1, -0.05) is 120 Å². The number of hydrogen-bond donors (Lipinski definition) is 2. The number of rotatable bonds is 19. The third-order valence-electron chi connectivity index (χ3n) is 13.4. The molecule has 2 aromatic heterocycles. The van der Waals surface area contributed by atoms with Gasteiger partial charge in [0.1, 0.15) is 56.1 Å². The molecule has 10 rings (SSSR count). The van der Waals surface area contributed by atoms with E-state index in [4.69, 9.17) is 38.5 Å². The van der Waals surface area contributed by atoms with Crippen molar-refractivity contribution < 1.29 is 56.7 Å². The molecular weight excluding hydrogens is 1030 g/mol. The monoisotopic (exact) mass is 1090 g/mol. The van der Waals surface area contributed by atoms with E-state index in [1.807, 2.05) is 152 Å². The van der Waals surface area contributed by atoms with Gasteiger partial charge in [-0.25, -0.2) is 24.2 Å². The molecule has 5 amide bonds. The Morgan fingerprint density at radius 1 is 0.580 bits per heavy atom. The van der Waals surface area contributed by atoms with Crippen LogP contribution in [0.4, 0.5) is 25.8 Å². The first kappa shape index (κ1) is 56.0. The second kappa shape index (κ2) is 26.3.